The van der Waals surface area contributed by atoms with Crippen molar-refractivity contribution in [3.05, 3.63) is 29.5 Å². The predicted octanol–water partition coefficient (Wildman–Crippen LogP) is 0.633. The van der Waals surface area contributed by atoms with E-state index < -0.39 is 11.8 Å². The van der Waals surface area contributed by atoms with E-state index in [4.69, 9.17) is 9.90 Å². The molecule has 92 valence electrons. The summed E-state index contributed by atoms with van der Waals surface area (Å²) < 4.78 is 0. The molecular formula is C12H15ClN2O2. The van der Waals surface area contributed by atoms with Crippen LogP contribution in [0.25, 0.3) is 10.9 Å². The van der Waals surface area contributed by atoms with Crippen LogP contribution in [0.1, 0.15) is 11.3 Å². The van der Waals surface area contributed by atoms with E-state index in [1.54, 1.807) is 0 Å². The molecule has 0 spiro atoms. The van der Waals surface area contributed by atoms with Gasteiger partial charge in [-0.3, -0.25) is 0 Å². The first-order valence-corrected chi connectivity index (χ1v) is 5.66. The van der Waals surface area contributed by atoms with Crippen molar-refractivity contribution in [1.82, 2.24) is 4.98 Å². The smallest absolute Gasteiger partial charge is 0.152 e. The average Bonchev–Trinajstić information content (AvgIpc) is 2.59. The molecule has 0 fully saturated rings. The van der Waals surface area contributed by atoms with Crippen molar-refractivity contribution < 1.29 is 15.6 Å². The van der Waals surface area contributed by atoms with E-state index >= 15 is 0 Å². The normalized spacial score (nSPS) is 9.88. The number of quaternary nitrogens is 1. The van der Waals surface area contributed by atoms with Crippen LogP contribution < -0.4 is 10.8 Å². The Labute approximate surface area is 104 Å². The highest BCUT2D eigenvalue weighted by atomic mass is 35.5. The summed E-state index contributed by atoms with van der Waals surface area (Å²) >= 11 is 4.67. The molecule has 0 aliphatic rings. The fourth-order valence-electron chi connectivity index (χ4n) is 1.54. The summed E-state index contributed by atoms with van der Waals surface area (Å²) in [4.78, 5) is 12.5. The summed E-state index contributed by atoms with van der Waals surface area (Å²) in [5.41, 5.74) is 8.78. The lowest BCUT2D eigenvalue weighted by molar-refractivity contribution is -0.301. The second-order valence-corrected chi connectivity index (χ2v) is 3.99. The minimum absolute atomic E-state index is 0.417. The zero-order chi connectivity index (χ0) is 13.0. The molecule has 2 aromatic rings. The van der Waals surface area contributed by atoms with Crippen LogP contribution in [0.4, 0.5) is 5.69 Å². The van der Waals surface area contributed by atoms with Crippen LogP contribution in [0.2, 0.25) is 0 Å². The number of nitrogens with one attached hydrogen (secondary N) is 1. The van der Waals surface area contributed by atoms with Crippen molar-refractivity contribution in [3.63, 3.8) is 0 Å². The molecule has 0 unspecified atom stereocenters. The van der Waals surface area contributed by atoms with Gasteiger partial charge in [0, 0.05) is 17.1 Å². The summed E-state index contributed by atoms with van der Waals surface area (Å²) in [6, 6.07) is 6.20. The molecular weight excluding hydrogens is 240 g/mol. The number of aryl methyl sites for hydroxylation is 2. The van der Waals surface area contributed by atoms with Gasteiger partial charge in [0.1, 0.15) is 5.52 Å². The summed E-state index contributed by atoms with van der Waals surface area (Å²) in [5.74, 6) is -1.65. The second kappa shape index (κ2) is 5.70. The maximum Gasteiger partial charge on any atom is 0.152 e. The van der Waals surface area contributed by atoms with Crippen LogP contribution in [0, 0.1) is 13.8 Å². The predicted molar refractivity (Wildman–Crippen MR) is 66.0 cm³/mol. The molecule has 17 heavy (non-hydrogen) atoms. The number of aromatic amines is 1. The Morgan fingerprint density at radius 3 is 2.53 bits per heavy atom. The number of hydrogen-bond acceptors (Lipinski definition) is 2. The number of H-pyrrole nitrogens is 1. The number of halogens is 1. The van der Waals surface area contributed by atoms with Gasteiger partial charge in [-0.1, -0.05) is 12.1 Å². The molecule has 4 N–H and O–H groups in total. The zero-order valence-electron chi connectivity index (χ0n) is 9.84. The number of alkyl halides is 1. The molecule has 4 nitrogen and oxygen atoms in total. The van der Waals surface area contributed by atoms with E-state index in [9.17, 15) is 0 Å². The van der Waals surface area contributed by atoms with Crippen LogP contribution in [0.5, 0.6) is 0 Å². The fraction of sp³-hybridized carbons (Fsp3) is 0.250. The molecule has 0 aliphatic heterocycles. The highest BCUT2D eigenvalue weighted by Gasteiger charge is 2.06. The Kier molecular flexibility index (Phi) is 4.54. The molecule has 0 saturated heterocycles. The van der Waals surface area contributed by atoms with Gasteiger partial charge in [-0.15, -0.1) is 11.6 Å². The lowest BCUT2D eigenvalue weighted by atomic mass is 10.1. The maximum absolute atomic E-state index is 9.12. The molecule has 0 atom stereocenters. The minimum atomic E-state index is -1.23. The molecule has 1 heterocycles. The van der Waals surface area contributed by atoms with Crippen LogP contribution in [-0.4, -0.2) is 16.8 Å². The standard InChI is InChI=1S/C10H12N2.C2H3ClO2/c1-6-7(2)12-10-8(6)4-3-5-9(10)11;3-1-2(4)5/h3-5,12H,11H2,1-2H3;1H2,(H,4,5). The van der Waals surface area contributed by atoms with E-state index in [1.165, 1.54) is 22.2 Å². The van der Waals surface area contributed by atoms with Gasteiger partial charge in [0.05, 0.1) is 11.8 Å². The SMILES string of the molecule is Cc1[nH]c2c([NH3+])cccc2c1C.O=C([O-])CCl. The largest absolute Gasteiger partial charge is 0.549 e. The number of aromatic nitrogens is 1. The number of carbonyl (C=O) groups is 1. The van der Waals surface area contributed by atoms with Gasteiger partial charge < -0.3 is 20.6 Å². The highest BCUT2D eigenvalue weighted by Crippen LogP contribution is 2.24. The molecule has 0 radical (unpaired) electrons. The summed E-state index contributed by atoms with van der Waals surface area (Å²) in [6.45, 7) is 4.22. The van der Waals surface area contributed by atoms with Crippen molar-refractivity contribution >= 4 is 34.2 Å². The number of fused-ring (bicyclic) bond motifs is 1. The third-order valence-corrected chi connectivity index (χ3v) is 2.76. The average molecular weight is 255 g/mol. The van der Waals surface area contributed by atoms with Crippen LogP contribution in [0.15, 0.2) is 18.2 Å². The van der Waals surface area contributed by atoms with Gasteiger partial charge in [-0.25, -0.2) is 0 Å². The first kappa shape index (κ1) is 13.5. The first-order chi connectivity index (χ1) is 7.97. The van der Waals surface area contributed by atoms with E-state index in [0.717, 1.165) is 5.69 Å². The number of carbonyl (C=O) groups excluding carboxylic acids is 1. The van der Waals surface area contributed by atoms with E-state index in [0.29, 0.717) is 0 Å². The van der Waals surface area contributed by atoms with Crippen molar-refractivity contribution in [2.24, 2.45) is 0 Å². The summed E-state index contributed by atoms with van der Waals surface area (Å²) in [5, 5.41) is 10.4. The molecule has 0 bridgehead atoms. The van der Waals surface area contributed by atoms with E-state index in [-0.39, 0.29) is 0 Å². The van der Waals surface area contributed by atoms with Gasteiger partial charge in [0.2, 0.25) is 0 Å². The van der Waals surface area contributed by atoms with Crippen LogP contribution >= 0.6 is 11.6 Å². The number of hydrogen-bond donors (Lipinski definition) is 2. The van der Waals surface area contributed by atoms with Crippen molar-refractivity contribution in [2.75, 3.05) is 5.88 Å². The van der Waals surface area contributed by atoms with Gasteiger partial charge in [0.25, 0.3) is 0 Å². The Morgan fingerprint density at radius 2 is 2.06 bits per heavy atom. The zero-order valence-corrected chi connectivity index (χ0v) is 10.6. The number of carboxylic acid groups (broad SMARTS) is 1. The monoisotopic (exact) mass is 254 g/mol. The third-order valence-electron chi connectivity index (χ3n) is 2.54. The Balaban J connectivity index is 0.000000249. The maximum atomic E-state index is 9.12. The van der Waals surface area contributed by atoms with Crippen molar-refractivity contribution in [2.45, 2.75) is 13.8 Å². The van der Waals surface area contributed by atoms with Crippen molar-refractivity contribution in [1.29, 1.82) is 0 Å². The number of benzene rings is 1. The van der Waals surface area contributed by atoms with Crippen molar-refractivity contribution in [3.8, 4) is 0 Å². The highest BCUT2D eigenvalue weighted by molar-refractivity contribution is 6.25. The quantitative estimate of drug-likeness (QED) is 0.732. The van der Waals surface area contributed by atoms with Gasteiger partial charge in [-0.05, 0) is 19.4 Å². The Morgan fingerprint density at radius 1 is 1.47 bits per heavy atom. The molecule has 1 aromatic heterocycles. The van der Waals surface area contributed by atoms with Crippen LogP contribution in [0.3, 0.4) is 0 Å². The van der Waals surface area contributed by atoms with E-state index in [1.807, 2.05) is 12.1 Å². The van der Waals surface area contributed by atoms with Crippen LogP contribution in [-0.2, 0) is 4.79 Å². The van der Waals surface area contributed by atoms with Gasteiger partial charge in [-0.2, -0.15) is 0 Å². The first-order valence-electron chi connectivity index (χ1n) is 5.13. The molecule has 0 saturated carbocycles. The summed E-state index contributed by atoms with van der Waals surface area (Å²) in [6.07, 6.45) is 0. The van der Waals surface area contributed by atoms with Gasteiger partial charge >= 0.3 is 0 Å². The second-order valence-electron chi connectivity index (χ2n) is 3.72. The van der Waals surface area contributed by atoms with Gasteiger partial charge in [0.15, 0.2) is 5.69 Å². The fourth-order valence-corrected chi connectivity index (χ4v) is 1.54. The molecule has 0 amide bonds. The lowest BCUT2D eigenvalue weighted by Gasteiger charge is -1.90. The minimum Gasteiger partial charge on any atom is -0.549 e. The molecule has 0 aliphatic carbocycles. The number of rotatable bonds is 1. The number of para-hydroxylation sites is 1. The molecule has 2 rings (SSSR count). The molecule has 5 heteroatoms. The Hall–Kier alpha value is -1.52. The topological polar surface area (TPSA) is 83.6 Å². The third kappa shape index (κ3) is 3.22. The lowest BCUT2D eigenvalue weighted by Crippen LogP contribution is -2.40. The Bertz CT molecular complexity index is 535. The molecule has 1 aromatic carbocycles. The summed E-state index contributed by atoms with van der Waals surface area (Å²) in [7, 11) is 0. The van der Waals surface area contributed by atoms with E-state index in [2.05, 4.69) is 42.2 Å². The number of carboxylic acids is 1. The number of aliphatic carboxylic acids is 1.